The summed E-state index contributed by atoms with van der Waals surface area (Å²) in [5.41, 5.74) is 1.61. The molecule has 0 saturated carbocycles. The van der Waals surface area contributed by atoms with Crippen LogP contribution in [0.4, 0.5) is 0 Å². The summed E-state index contributed by atoms with van der Waals surface area (Å²) in [6.07, 6.45) is 2.35. The molecule has 1 aromatic heterocycles. The molecule has 0 amide bonds. The Morgan fingerprint density at radius 2 is 2.05 bits per heavy atom. The van der Waals surface area contributed by atoms with Gasteiger partial charge in [0.15, 0.2) is 5.75 Å². The summed E-state index contributed by atoms with van der Waals surface area (Å²) in [5, 5.41) is 9.12. The molecule has 0 saturated heterocycles. The van der Waals surface area contributed by atoms with Gasteiger partial charge in [0.25, 0.3) is 0 Å². The second-order valence-electron chi connectivity index (χ2n) is 4.75. The maximum Gasteiger partial charge on any atom is 0.223 e. The fourth-order valence-electron chi connectivity index (χ4n) is 2.24. The van der Waals surface area contributed by atoms with Gasteiger partial charge in [0.1, 0.15) is 6.61 Å². The summed E-state index contributed by atoms with van der Waals surface area (Å²) < 4.78 is 9.54. The van der Waals surface area contributed by atoms with Gasteiger partial charge < -0.3 is 14.4 Å². The van der Waals surface area contributed by atoms with Gasteiger partial charge in [-0.2, -0.15) is 0 Å². The van der Waals surface area contributed by atoms with Crippen LogP contribution in [0.15, 0.2) is 44.2 Å². The summed E-state index contributed by atoms with van der Waals surface area (Å²) in [7, 11) is 0. The van der Waals surface area contributed by atoms with Crippen molar-refractivity contribution in [2.45, 2.75) is 26.5 Å². The molecule has 1 heterocycles. The van der Waals surface area contributed by atoms with E-state index in [0.717, 1.165) is 20.2 Å². The smallest absolute Gasteiger partial charge is 0.223 e. The van der Waals surface area contributed by atoms with E-state index in [1.165, 1.54) is 6.07 Å². The lowest BCUT2D eigenvalue weighted by molar-refractivity contribution is 0.267. The summed E-state index contributed by atoms with van der Waals surface area (Å²) in [6, 6.07) is 7.28. The van der Waals surface area contributed by atoms with Gasteiger partial charge in [0.2, 0.25) is 5.43 Å². The van der Waals surface area contributed by atoms with Gasteiger partial charge in [-0.05, 0) is 24.6 Å². The SMILES string of the molecule is CCc1c(OCc2cc(Br)ccc2Br)c(=O)ccn1CCO. The Morgan fingerprint density at radius 3 is 2.73 bits per heavy atom. The quantitative estimate of drug-likeness (QED) is 0.762. The van der Waals surface area contributed by atoms with Crippen LogP contribution in [-0.2, 0) is 19.6 Å². The van der Waals surface area contributed by atoms with Gasteiger partial charge >= 0.3 is 0 Å². The molecule has 0 aliphatic heterocycles. The van der Waals surface area contributed by atoms with E-state index in [9.17, 15) is 4.79 Å². The lowest BCUT2D eigenvalue weighted by Gasteiger charge is -2.16. The molecule has 0 aliphatic carbocycles. The number of aliphatic hydroxyl groups excluding tert-OH is 1. The number of halogens is 2. The molecular weight excluding hydrogens is 414 g/mol. The second-order valence-corrected chi connectivity index (χ2v) is 6.52. The van der Waals surface area contributed by atoms with E-state index < -0.39 is 0 Å². The number of ether oxygens (including phenoxy) is 1. The first kappa shape index (κ1) is 17.2. The van der Waals surface area contributed by atoms with Crippen LogP contribution in [0.1, 0.15) is 18.2 Å². The van der Waals surface area contributed by atoms with Gasteiger partial charge in [-0.3, -0.25) is 4.79 Å². The zero-order valence-electron chi connectivity index (χ0n) is 12.2. The minimum Gasteiger partial charge on any atom is -0.483 e. The predicted octanol–water partition coefficient (Wildman–Crippen LogP) is 3.51. The van der Waals surface area contributed by atoms with Crippen molar-refractivity contribution in [3.8, 4) is 5.75 Å². The van der Waals surface area contributed by atoms with E-state index in [0.29, 0.717) is 25.3 Å². The molecule has 118 valence electrons. The molecule has 0 radical (unpaired) electrons. The van der Waals surface area contributed by atoms with E-state index in [2.05, 4.69) is 31.9 Å². The molecule has 0 fully saturated rings. The summed E-state index contributed by atoms with van der Waals surface area (Å²) in [5.74, 6) is 0.352. The third-order valence-electron chi connectivity index (χ3n) is 3.29. The third-order valence-corrected chi connectivity index (χ3v) is 4.56. The zero-order valence-corrected chi connectivity index (χ0v) is 15.4. The number of aromatic nitrogens is 1. The highest BCUT2D eigenvalue weighted by Gasteiger charge is 2.12. The van der Waals surface area contributed by atoms with Crippen LogP contribution in [0.5, 0.6) is 5.75 Å². The van der Waals surface area contributed by atoms with Crippen molar-refractivity contribution in [3.63, 3.8) is 0 Å². The van der Waals surface area contributed by atoms with E-state index in [1.54, 1.807) is 6.20 Å². The summed E-state index contributed by atoms with van der Waals surface area (Å²) in [6.45, 7) is 2.73. The highest BCUT2D eigenvalue weighted by atomic mass is 79.9. The lowest BCUT2D eigenvalue weighted by Crippen LogP contribution is -2.17. The van der Waals surface area contributed by atoms with Crippen molar-refractivity contribution in [2.24, 2.45) is 0 Å². The molecule has 1 aromatic carbocycles. The first-order chi connectivity index (χ1) is 10.6. The van der Waals surface area contributed by atoms with Gasteiger partial charge in [-0.15, -0.1) is 0 Å². The number of hydrogen-bond acceptors (Lipinski definition) is 3. The molecule has 2 aromatic rings. The highest BCUT2D eigenvalue weighted by molar-refractivity contribution is 9.11. The molecule has 4 nitrogen and oxygen atoms in total. The Balaban J connectivity index is 2.30. The fraction of sp³-hybridized carbons (Fsp3) is 0.312. The monoisotopic (exact) mass is 429 g/mol. The minimum atomic E-state index is -0.142. The second kappa shape index (κ2) is 7.94. The topological polar surface area (TPSA) is 51.5 Å². The van der Waals surface area contributed by atoms with Gasteiger partial charge in [-0.25, -0.2) is 0 Å². The van der Waals surface area contributed by atoms with Crippen LogP contribution >= 0.6 is 31.9 Å². The average molecular weight is 431 g/mol. The Kier molecular flexibility index (Phi) is 6.23. The van der Waals surface area contributed by atoms with Crippen LogP contribution in [0, 0.1) is 0 Å². The molecule has 0 atom stereocenters. The standard InChI is InChI=1S/C16H17Br2NO3/c1-2-14-16(15(21)5-6-19(14)7-8-20)22-10-11-9-12(17)3-4-13(11)18/h3-6,9,20H,2,7-8,10H2,1H3. The molecule has 0 aliphatic rings. The van der Waals surface area contributed by atoms with Crippen molar-refractivity contribution < 1.29 is 9.84 Å². The molecule has 0 bridgehead atoms. The Hall–Kier alpha value is -1.11. The molecular formula is C16H17Br2NO3. The van der Waals surface area contributed by atoms with Crippen molar-refractivity contribution >= 4 is 31.9 Å². The normalized spacial score (nSPS) is 10.7. The van der Waals surface area contributed by atoms with Gasteiger partial charge in [0, 0.05) is 33.3 Å². The van der Waals surface area contributed by atoms with Crippen LogP contribution in [0.3, 0.4) is 0 Å². The summed E-state index contributed by atoms with van der Waals surface area (Å²) >= 11 is 6.91. The minimum absolute atomic E-state index is 0.0203. The van der Waals surface area contributed by atoms with E-state index >= 15 is 0 Å². The average Bonchev–Trinajstić information content (AvgIpc) is 2.50. The third kappa shape index (κ3) is 4.00. The number of benzene rings is 1. The maximum absolute atomic E-state index is 12.1. The Labute approximate surface area is 146 Å². The van der Waals surface area contributed by atoms with Crippen LogP contribution in [0.2, 0.25) is 0 Å². The van der Waals surface area contributed by atoms with Crippen molar-refractivity contribution in [1.29, 1.82) is 0 Å². The van der Waals surface area contributed by atoms with E-state index in [-0.39, 0.29) is 12.0 Å². The van der Waals surface area contributed by atoms with Crippen molar-refractivity contribution in [1.82, 2.24) is 4.57 Å². The first-order valence-corrected chi connectivity index (χ1v) is 8.55. The van der Waals surface area contributed by atoms with E-state index in [4.69, 9.17) is 9.84 Å². The lowest BCUT2D eigenvalue weighted by atomic mass is 10.2. The molecule has 2 rings (SSSR count). The Bertz CT molecular complexity index is 713. The largest absolute Gasteiger partial charge is 0.483 e. The molecule has 0 spiro atoms. The van der Waals surface area contributed by atoms with Crippen molar-refractivity contribution in [3.05, 3.63) is 60.9 Å². The first-order valence-electron chi connectivity index (χ1n) is 6.96. The molecule has 0 unspecified atom stereocenters. The van der Waals surface area contributed by atoms with Gasteiger partial charge in [-0.1, -0.05) is 38.8 Å². The molecule has 1 N–H and O–H groups in total. The van der Waals surface area contributed by atoms with E-state index in [1.807, 2.05) is 29.7 Å². The summed E-state index contributed by atoms with van der Waals surface area (Å²) in [4.78, 5) is 12.1. The Morgan fingerprint density at radius 1 is 1.27 bits per heavy atom. The number of hydrogen-bond donors (Lipinski definition) is 1. The fourth-order valence-corrected chi connectivity index (χ4v) is 3.00. The number of rotatable bonds is 6. The molecule has 22 heavy (non-hydrogen) atoms. The van der Waals surface area contributed by atoms with Gasteiger partial charge in [0.05, 0.1) is 12.3 Å². The molecule has 6 heteroatoms. The van der Waals surface area contributed by atoms with Crippen LogP contribution in [0.25, 0.3) is 0 Å². The maximum atomic E-state index is 12.1. The van der Waals surface area contributed by atoms with Crippen LogP contribution in [-0.4, -0.2) is 16.3 Å². The highest BCUT2D eigenvalue weighted by Crippen LogP contribution is 2.23. The van der Waals surface area contributed by atoms with Crippen molar-refractivity contribution in [2.75, 3.05) is 6.61 Å². The number of pyridine rings is 1. The van der Waals surface area contributed by atoms with Crippen LogP contribution < -0.4 is 10.2 Å². The zero-order chi connectivity index (χ0) is 16.1. The number of nitrogens with zero attached hydrogens (tertiary/aromatic N) is 1. The number of aliphatic hydroxyl groups is 1. The predicted molar refractivity (Wildman–Crippen MR) is 93.3 cm³/mol.